The van der Waals surface area contributed by atoms with Gasteiger partial charge in [0.15, 0.2) is 0 Å². The summed E-state index contributed by atoms with van der Waals surface area (Å²) in [6.45, 7) is 1.98. The molecule has 3 nitrogen and oxygen atoms in total. The SMILES string of the molecule is Cc1c[nH]c2cn(C)c(=O)cc12. The third kappa shape index (κ3) is 0.863. The smallest absolute Gasteiger partial charge is 0.251 e. The van der Waals surface area contributed by atoms with Gasteiger partial charge in [0.1, 0.15) is 0 Å². The molecule has 1 N–H and O–H groups in total. The Kier molecular flexibility index (Phi) is 1.33. The van der Waals surface area contributed by atoms with Crippen LogP contribution in [-0.4, -0.2) is 9.55 Å². The van der Waals surface area contributed by atoms with Crippen molar-refractivity contribution in [2.45, 2.75) is 6.92 Å². The highest BCUT2D eigenvalue weighted by molar-refractivity contribution is 5.81. The molecule has 0 aliphatic heterocycles. The van der Waals surface area contributed by atoms with Crippen LogP contribution in [0.5, 0.6) is 0 Å². The highest BCUT2D eigenvalue weighted by Crippen LogP contribution is 2.13. The van der Waals surface area contributed by atoms with Crippen LogP contribution in [0.25, 0.3) is 10.9 Å². The second-order valence-electron chi connectivity index (χ2n) is 3.02. The van der Waals surface area contributed by atoms with E-state index in [2.05, 4.69) is 4.98 Å². The summed E-state index contributed by atoms with van der Waals surface area (Å²) in [4.78, 5) is 14.3. The first-order chi connectivity index (χ1) is 5.68. The van der Waals surface area contributed by atoms with Crippen molar-refractivity contribution in [1.82, 2.24) is 9.55 Å². The Morgan fingerprint density at radius 3 is 3.00 bits per heavy atom. The van der Waals surface area contributed by atoms with E-state index in [4.69, 9.17) is 0 Å². The van der Waals surface area contributed by atoms with E-state index in [1.54, 1.807) is 17.7 Å². The number of hydrogen-bond acceptors (Lipinski definition) is 1. The summed E-state index contributed by atoms with van der Waals surface area (Å²) in [7, 11) is 1.75. The van der Waals surface area contributed by atoms with E-state index in [1.165, 1.54) is 0 Å². The lowest BCUT2D eigenvalue weighted by molar-refractivity contribution is 0.868. The van der Waals surface area contributed by atoms with Crippen molar-refractivity contribution in [2.24, 2.45) is 7.05 Å². The minimum absolute atomic E-state index is 0.0326. The van der Waals surface area contributed by atoms with Gasteiger partial charge in [0, 0.05) is 30.9 Å². The van der Waals surface area contributed by atoms with E-state index in [1.807, 2.05) is 19.3 Å². The molecule has 2 heterocycles. The van der Waals surface area contributed by atoms with Crippen molar-refractivity contribution < 1.29 is 0 Å². The first kappa shape index (κ1) is 7.16. The average Bonchev–Trinajstić information content (AvgIpc) is 2.35. The lowest BCUT2D eigenvalue weighted by atomic mass is 10.2. The van der Waals surface area contributed by atoms with Gasteiger partial charge in [-0.25, -0.2) is 0 Å². The summed E-state index contributed by atoms with van der Waals surface area (Å²) in [5.41, 5.74) is 2.16. The van der Waals surface area contributed by atoms with E-state index in [9.17, 15) is 4.79 Å². The minimum Gasteiger partial charge on any atom is -0.360 e. The quantitative estimate of drug-likeness (QED) is 0.620. The van der Waals surface area contributed by atoms with E-state index in [0.717, 1.165) is 16.5 Å². The van der Waals surface area contributed by atoms with Crippen LogP contribution in [-0.2, 0) is 7.05 Å². The molecule has 0 aliphatic carbocycles. The molecular formula is C9H10N2O. The fraction of sp³-hybridized carbons (Fsp3) is 0.222. The first-order valence-electron chi connectivity index (χ1n) is 3.83. The monoisotopic (exact) mass is 162 g/mol. The van der Waals surface area contributed by atoms with Gasteiger partial charge < -0.3 is 9.55 Å². The van der Waals surface area contributed by atoms with Gasteiger partial charge in [0.2, 0.25) is 0 Å². The number of pyridine rings is 1. The fourth-order valence-corrected chi connectivity index (χ4v) is 1.33. The summed E-state index contributed by atoms with van der Waals surface area (Å²) in [6, 6.07) is 1.65. The molecule has 0 unspecified atom stereocenters. The van der Waals surface area contributed by atoms with Crippen molar-refractivity contribution in [3.05, 3.63) is 34.4 Å². The Labute approximate surface area is 69.6 Å². The van der Waals surface area contributed by atoms with Crippen molar-refractivity contribution in [1.29, 1.82) is 0 Å². The second-order valence-corrected chi connectivity index (χ2v) is 3.02. The van der Waals surface area contributed by atoms with Gasteiger partial charge in [-0.05, 0) is 12.5 Å². The van der Waals surface area contributed by atoms with E-state index in [-0.39, 0.29) is 5.56 Å². The van der Waals surface area contributed by atoms with E-state index >= 15 is 0 Å². The molecule has 0 spiro atoms. The second kappa shape index (κ2) is 2.24. The predicted molar refractivity (Wildman–Crippen MR) is 48.3 cm³/mol. The number of fused-ring (bicyclic) bond motifs is 1. The van der Waals surface area contributed by atoms with E-state index in [0.29, 0.717) is 0 Å². The minimum atomic E-state index is 0.0326. The number of rotatable bonds is 0. The maximum absolute atomic E-state index is 11.2. The number of H-pyrrole nitrogens is 1. The number of hydrogen-bond donors (Lipinski definition) is 1. The first-order valence-corrected chi connectivity index (χ1v) is 3.83. The molecule has 0 radical (unpaired) electrons. The topological polar surface area (TPSA) is 37.8 Å². The standard InChI is InChI=1S/C9H10N2O/c1-6-4-10-8-5-11(2)9(12)3-7(6)8/h3-5,10H,1-2H3. The molecule has 0 atom stereocenters. The Hall–Kier alpha value is -1.51. The lowest BCUT2D eigenvalue weighted by Gasteiger charge is -1.95. The average molecular weight is 162 g/mol. The van der Waals surface area contributed by atoms with Gasteiger partial charge in [0.25, 0.3) is 5.56 Å². The zero-order chi connectivity index (χ0) is 8.72. The van der Waals surface area contributed by atoms with Gasteiger partial charge in [0.05, 0.1) is 5.52 Å². The van der Waals surface area contributed by atoms with Crippen molar-refractivity contribution in [3.63, 3.8) is 0 Å². The van der Waals surface area contributed by atoms with Crippen molar-refractivity contribution in [2.75, 3.05) is 0 Å². The molecule has 0 saturated heterocycles. The van der Waals surface area contributed by atoms with Crippen LogP contribution in [0.1, 0.15) is 5.56 Å². The zero-order valence-corrected chi connectivity index (χ0v) is 7.09. The fourth-order valence-electron chi connectivity index (χ4n) is 1.33. The summed E-state index contributed by atoms with van der Waals surface area (Å²) >= 11 is 0. The van der Waals surface area contributed by atoms with Crippen LogP contribution in [0.4, 0.5) is 0 Å². The van der Waals surface area contributed by atoms with Crippen LogP contribution in [0.15, 0.2) is 23.3 Å². The maximum atomic E-state index is 11.2. The van der Waals surface area contributed by atoms with Gasteiger partial charge in [-0.1, -0.05) is 0 Å². The molecule has 0 aromatic carbocycles. The van der Waals surface area contributed by atoms with Gasteiger partial charge >= 0.3 is 0 Å². The molecule has 0 fully saturated rings. The van der Waals surface area contributed by atoms with Crippen LogP contribution >= 0.6 is 0 Å². The van der Waals surface area contributed by atoms with Crippen LogP contribution in [0.3, 0.4) is 0 Å². The highest BCUT2D eigenvalue weighted by atomic mass is 16.1. The molecule has 0 bridgehead atoms. The Morgan fingerprint density at radius 1 is 1.50 bits per heavy atom. The van der Waals surface area contributed by atoms with Crippen LogP contribution < -0.4 is 5.56 Å². The summed E-state index contributed by atoms with van der Waals surface area (Å²) in [5.74, 6) is 0. The number of nitrogens with zero attached hydrogens (tertiary/aromatic N) is 1. The molecule has 2 aromatic rings. The molecule has 0 aliphatic rings. The third-order valence-electron chi connectivity index (χ3n) is 2.10. The highest BCUT2D eigenvalue weighted by Gasteiger charge is 2.00. The molecule has 3 heteroatoms. The normalized spacial score (nSPS) is 10.8. The molecule has 0 amide bonds. The molecule has 0 saturated carbocycles. The van der Waals surface area contributed by atoms with E-state index < -0.39 is 0 Å². The van der Waals surface area contributed by atoms with Gasteiger partial charge in [-0.3, -0.25) is 4.79 Å². The Morgan fingerprint density at radius 2 is 2.25 bits per heavy atom. The molecule has 2 rings (SSSR count). The Bertz CT molecular complexity index is 479. The zero-order valence-electron chi connectivity index (χ0n) is 7.09. The molecule has 12 heavy (non-hydrogen) atoms. The van der Waals surface area contributed by atoms with Crippen LogP contribution in [0, 0.1) is 6.92 Å². The number of aromatic amines is 1. The molecule has 62 valence electrons. The third-order valence-corrected chi connectivity index (χ3v) is 2.10. The maximum Gasteiger partial charge on any atom is 0.251 e. The summed E-state index contributed by atoms with van der Waals surface area (Å²) in [5, 5.41) is 1.01. The van der Waals surface area contributed by atoms with Gasteiger partial charge in [-0.15, -0.1) is 0 Å². The van der Waals surface area contributed by atoms with Crippen molar-refractivity contribution >= 4 is 10.9 Å². The number of nitrogens with one attached hydrogen (secondary N) is 1. The lowest BCUT2D eigenvalue weighted by Crippen LogP contribution is -2.13. The largest absolute Gasteiger partial charge is 0.360 e. The number of aryl methyl sites for hydroxylation is 2. The summed E-state index contributed by atoms with van der Waals surface area (Å²) < 4.78 is 1.57. The van der Waals surface area contributed by atoms with Crippen molar-refractivity contribution in [3.8, 4) is 0 Å². The predicted octanol–water partition coefficient (Wildman–Crippen LogP) is 1.18. The number of aromatic nitrogens is 2. The summed E-state index contributed by atoms with van der Waals surface area (Å²) in [6.07, 6.45) is 3.72. The van der Waals surface area contributed by atoms with Crippen LogP contribution in [0.2, 0.25) is 0 Å². The van der Waals surface area contributed by atoms with Gasteiger partial charge in [-0.2, -0.15) is 0 Å². The molecule has 2 aromatic heterocycles. The Balaban J connectivity index is 2.97. The molecular weight excluding hydrogens is 152 g/mol.